The van der Waals surface area contributed by atoms with Crippen molar-refractivity contribution in [3.63, 3.8) is 0 Å². The first-order chi connectivity index (χ1) is 12.5. The van der Waals surface area contributed by atoms with Gasteiger partial charge in [-0.05, 0) is 49.9 Å². The molecule has 8 heteroatoms. The lowest BCUT2D eigenvalue weighted by atomic mass is 9.81. The number of para-hydroxylation sites is 1. The molecule has 2 N–H and O–H groups in total. The zero-order valence-electron chi connectivity index (χ0n) is 15.8. The fourth-order valence-corrected chi connectivity index (χ4v) is 3.44. The lowest BCUT2D eigenvalue weighted by Crippen LogP contribution is -2.43. The molecule has 1 aliphatic rings. The normalized spacial score (nSPS) is 15.8. The maximum absolute atomic E-state index is 12.6. The molecule has 2 aromatic rings. The van der Waals surface area contributed by atoms with Crippen molar-refractivity contribution >= 4 is 29.9 Å². The Balaban J connectivity index is 0.00000261. The molecule has 1 aromatic carbocycles. The molecule has 0 radical (unpaired) electrons. The summed E-state index contributed by atoms with van der Waals surface area (Å²) in [6.07, 6.45) is 3.75. The Bertz CT molecular complexity index is 771. The van der Waals surface area contributed by atoms with Crippen LogP contribution in [0.25, 0.3) is 5.69 Å². The largest absolute Gasteiger partial charge is 0.349 e. The van der Waals surface area contributed by atoms with Crippen LogP contribution in [0.3, 0.4) is 0 Å². The summed E-state index contributed by atoms with van der Waals surface area (Å²) in [6, 6.07) is 7.46. The Morgan fingerprint density at radius 2 is 2.04 bits per heavy atom. The van der Waals surface area contributed by atoms with Gasteiger partial charge in [0.15, 0.2) is 0 Å². The fraction of sp³-hybridized carbons (Fsp3) is 0.526. The van der Waals surface area contributed by atoms with E-state index in [1.54, 1.807) is 4.68 Å². The predicted molar refractivity (Wildman–Crippen MR) is 110 cm³/mol. The Morgan fingerprint density at radius 1 is 1.33 bits per heavy atom. The van der Waals surface area contributed by atoms with Gasteiger partial charge in [-0.1, -0.05) is 37.6 Å². The summed E-state index contributed by atoms with van der Waals surface area (Å²) in [6.45, 7) is 6.91. The maximum atomic E-state index is 12.6. The summed E-state index contributed by atoms with van der Waals surface area (Å²) >= 11 is 6.31. The van der Waals surface area contributed by atoms with E-state index < -0.39 is 0 Å². The molecule has 1 saturated heterocycles. The molecule has 0 saturated carbocycles. The molecule has 1 amide bonds. The first-order valence-electron chi connectivity index (χ1n) is 9.22. The van der Waals surface area contributed by atoms with Gasteiger partial charge in [-0.15, -0.1) is 17.5 Å². The summed E-state index contributed by atoms with van der Waals surface area (Å²) in [7, 11) is 0. The van der Waals surface area contributed by atoms with Crippen LogP contribution in [-0.2, 0) is 6.42 Å². The maximum Gasteiger partial charge on any atom is 0.291 e. The van der Waals surface area contributed by atoms with Crippen LogP contribution in [0.2, 0.25) is 5.02 Å². The number of carbonyl (C=O) groups is 1. The number of nitrogens with one attached hydrogen (secondary N) is 2. The molecule has 2 heterocycles. The zero-order chi connectivity index (χ0) is 18.6. The number of aromatic nitrogens is 3. The van der Waals surface area contributed by atoms with E-state index in [1.807, 2.05) is 24.3 Å². The zero-order valence-corrected chi connectivity index (χ0v) is 17.4. The highest BCUT2D eigenvalue weighted by Gasteiger charge is 2.28. The van der Waals surface area contributed by atoms with E-state index in [9.17, 15) is 4.79 Å². The van der Waals surface area contributed by atoms with Gasteiger partial charge in [0, 0.05) is 13.0 Å². The smallest absolute Gasteiger partial charge is 0.291 e. The van der Waals surface area contributed by atoms with E-state index >= 15 is 0 Å². The highest BCUT2D eigenvalue weighted by molar-refractivity contribution is 6.32. The van der Waals surface area contributed by atoms with Crippen molar-refractivity contribution in [1.29, 1.82) is 0 Å². The van der Waals surface area contributed by atoms with Crippen molar-refractivity contribution in [3.05, 3.63) is 40.9 Å². The Hall–Kier alpha value is -1.63. The molecule has 0 aliphatic carbocycles. The number of carbonyl (C=O) groups excluding carboxylic acids is 1. The number of hydrogen-bond donors (Lipinski definition) is 2. The molecule has 6 nitrogen and oxygen atoms in total. The van der Waals surface area contributed by atoms with E-state index in [2.05, 4.69) is 34.6 Å². The number of nitrogens with zero attached hydrogens (tertiary/aromatic N) is 3. The number of piperidine rings is 1. The van der Waals surface area contributed by atoms with Crippen LogP contribution in [0.15, 0.2) is 24.3 Å². The van der Waals surface area contributed by atoms with Gasteiger partial charge in [-0.3, -0.25) is 4.79 Å². The molecular formula is C19H27Cl2N5O. The molecule has 1 aliphatic heterocycles. The van der Waals surface area contributed by atoms with Crippen LogP contribution in [0.5, 0.6) is 0 Å². The minimum absolute atomic E-state index is 0. The summed E-state index contributed by atoms with van der Waals surface area (Å²) in [5.41, 5.74) is 0.868. The number of rotatable bonds is 6. The first-order valence-corrected chi connectivity index (χ1v) is 9.60. The van der Waals surface area contributed by atoms with Gasteiger partial charge < -0.3 is 10.6 Å². The van der Waals surface area contributed by atoms with Gasteiger partial charge in [0.2, 0.25) is 5.82 Å². The van der Waals surface area contributed by atoms with Crippen molar-refractivity contribution in [2.45, 2.75) is 39.5 Å². The van der Waals surface area contributed by atoms with E-state index in [4.69, 9.17) is 11.6 Å². The first kappa shape index (κ1) is 21.7. The van der Waals surface area contributed by atoms with E-state index in [0.717, 1.165) is 50.3 Å². The van der Waals surface area contributed by atoms with Gasteiger partial charge in [-0.25, -0.2) is 9.67 Å². The Kier molecular flexibility index (Phi) is 7.65. The van der Waals surface area contributed by atoms with Gasteiger partial charge in [0.1, 0.15) is 5.82 Å². The standard InChI is InChI=1S/C19H26ClN5O.ClH/c1-3-6-16-23-17(24-25(16)15-8-5-4-7-14(15)20)18(26)22-13-19(2)9-11-21-12-10-19;/h4-5,7-8,21H,3,6,9-13H2,1-2H3,(H,22,26);1H. The average molecular weight is 412 g/mol. The molecule has 3 rings (SSSR count). The van der Waals surface area contributed by atoms with Crippen molar-refractivity contribution in [1.82, 2.24) is 25.4 Å². The van der Waals surface area contributed by atoms with Crippen LogP contribution in [0, 0.1) is 5.41 Å². The predicted octanol–water partition coefficient (Wildman–Crippen LogP) is 3.41. The number of hydrogen-bond acceptors (Lipinski definition) is 4. The van der Waals surface area contributed by atoms with Crippen molar-refractivity contribution in [2.24, 2.45) is 5.41 Å². The third-order valence-electron chi connectivity index (χ3n) is 4.92. The summed E-state index contributed by atoms with van der Waals surface area (Å²) < 4.78 is 1.69. The Morgan fingerprint density at radius 3 is 2.70 bits per heavy atom. The van der Waals surface area contributed by atoms with Gasteiger partial charge >= 0.3 is 0 Å². The SMILES string of the molecule is CCCc1nc(C(=O)NCC2(C)CCNCC2)nn1-c1ccccc1Cl.Cl. The number of halogens is 2. The molecule has 27 heavy (non-hydrogen) atoms. The van der Waals surface area contributed by atoms with Crippen molar-refractivity contribution in [2.75, 3.05) is 19.6 Å². The molecular weight excluding hydrogens is 385 g/mol. The van der Waals surface area contributed by atoms with Crippen molar-refractivity contribution < 1.29 is 4.79 Å². The fourth-order valence-electron chi connectivity index (χ4n) is 3.22. The number of aryl methyl sites for hydroxylation is 1. The molecule has 148 valence electrons. The minimum Gasteiger partial charge on any atom is -0.349 e. The van der Waals surface area contributed by atoms with Crippen LogP contribution in [-0.4, -0.2) is 40.3 Å². The number of amides is 1. The lowest BCUT2D eigenvalue weighted by molar-refractivity contribution is 0.0912. The van der Waals surface area contributed by atoms with Crippen molar-refractivity contribution in [3.8, 4) is 5.69 Å². The monoisotopic (exact) mass is 411 g/mol. The molecule has 0 atom stereocenters. The molecule has 0 unspecified atom stereocenters. The summed E-state index contributed by atoms with van der Waals surface area (Å²) in [5.74, 6) is 0.720. The summed E-state index contributed by atoms with van der Waals surface area (Å²) in [5, 5.41) is 11.4. The van der Waals surface area contributed by atoms with Crippen LogP contribution in [0.1, 0.15) is 49.6 Å². The van der Waals surface area contributed by atoms with Crippen LogP contribution >= 0.6 is 24.0 Å². The van der Waals surface area contributed by atoms with Gasteiger partial charge in [-0.2, -0.15) is 0 Å². The third kappa shape index (κ3) is 5.21. The summed E-state index contributed by atoms with van der Waals surface area (Å²) in [4.78, 5) is 17.1. The number of benzene rings is 1. The van der Waals surface area contributed by atoms with Gasteiger partial charge in [0.25, 0.3) is 5.91 Å². The van der Waals surface area contributed by atoms with E-state index in [-0.39, 0.29) is 29.6 Å². The lowest BCUT2D eigenvalue weighted by Gasteiger charge is -2.33. The van der Waals surface area contributed by atoms with E-state index in [0.29, 0.717) is 11.6 Å². The second-order valence-corrected chi connectivity index (χ2v) is 7.62. The quantitative estimate of drug-likeness (QED) is 0.763. The molecule has 0 spiro atoms. The minimum atomic E-state index is -0.229. The highest BCUT2D eigenvalue weighted by atomic mass is 35.5. The average Bonchev–Trinajstić information content (AvgIpc) is 3.05. The molecule has 1 aromatic heterocycles. The Labute approximate surface area is 171 Å². The highest BCUT2D eigenvalue weighted by Crippen LogP contribution is 2.27. The second-order valence-electron chi connectivity index (χ2n) is 7.21. The van der Waals surface area contributed by atoms with Crippen LogP contribution < -0.4 is 10.6 Å². The molecule has 1 fully saturated rings. The molecule has 0 bridgehead atoms. The third-order valence-corrected chi connectivity index (χ3v) is 5.24. The second kappa shape index (κ2) is 9.53. The topological polar surface area (TPSA) is 71.8 Å². The van der Waals surface area contributed by atoms with E-state index in [1.165, 1.54) is 0 Å². The van der Waals surface area contributed by atoms with Gasteiger partial charge in [0.05, 0.1) is 10.7 Å². The van der Waals surface area contributed by atoms with Crippen LogP contribution in [0.4, 0.5) is 0 Å².